The van der Waals surface area contributed by atoms with Gasteiger partial charge in [-0.15, -0.1) is 28.7 Å². The molecule has 0 unspecified atom stereocenters. The van der Waals surface area contributed by atoms with E-state index in [1.165, 1.54) is 93.4 Å². The zero-order chi connectivity index (χ0) is 32.4. The number of oxime groups is 1. The average molecular weight is 714 g/mol. The van der Waals surface area contributed by atoms with Gasteiger partial charge in [0.2, 0.25) is 0 Å². The third kappa shape index (κ3) is 14.5. The molecule has 0 bridgehead atoms. The highest BCUT2D eigenvalue weighted by Crippen LogP contribution is 2.55. The second kappa shape index (κ2) is 18.7. The number of hydrogen-bond donors (Lipinski definition) is 2. The van der Waals surface area contributed by atoms with Gasteiger partial charge in [0.25, 0.3) is 0 Å². The van der Waals surface area contributed by atoms with Crippen molar-refractivity contribution in [1.29, 1.82) is 0 Å². The molecule has 10 heteroatoms. The molecular formula is C35H59NO4S4Si. The maximum atomic E-state index is 11.0. The zero-order valence-electron chi connectivity index (χ0n) is 28.2. The van der Waals surface area contributed by atoms with Crippen LogP contribution in [0, 0.1) is 41.4 Å². The maximum Gasteiger partial charge on any atom is 0.307 e. The van der Waals surface area contributed by atoms with Crippen LogP contribution < -0.4 is 0 Å². The van der Waals surface area contributed by atoms with Crippen LogP contribution in [0.25, 0.3) is 0 Å². The molecule has 8 fully saturated rings. The molecule has 2 saturated heterocycles. The van der Waals surface area contributed by atoms with Crippen molar-refractivity contribution in [3.8, 4) is 0 Å². The molecule has 8 aliphatic rings. The van der Waals surface area contributed by atoms with Gasteiger partial charge in [-0.05, 0) is 149 Å². The number of carboxylic acids is 1. The van der Waals surface area contributed by atoms with Crippen molar-refractivity contribution in [2.24, 2.45) is 46.6 Å². The molecule has 2 N–H and O–H groups in total. The summed E-state index contributed by atoms with van der Waals surface area (Å²) in [6.45, 7) is 9.06. The van der Waals surface area contributed by atoms with Gasteiger partial charge < -0.3 is 10.3 Å². The lowest BCUT2D eigenvalue weighted by molar-refractivity contribution is -0.143. The van der Waals surface area contributed by atoms with E-state index < -0.39 is 14.0 Å². The Morgan fingerprint density at radius 1 is 0.733 bits per heavy atom. The van der Waals surface area contributed by atoms with E-state index in [0.717, 1.165) is 41.7 Å². The number of allylic oxidation sites excluding steroid dienone is 1. The first-order chi connectivity index (χ1) is 21.6. The fourth-order valence-corrected chi connectivity index (χ4v) is 15.7. The van der Waals surface area contributed by atoms with Crippen LogP contribution in [0.15, 0.2) is 15.0 Å². The van der Waals surface area contributed by atoms with Crippen molar-refractivity contribution in [3.63, 3.8) is 0 Å². The summed E-state index contributed by atoms with van der Waals surface area (Å²) in [5, 5.41) is 18.8. The van der Waals surface area contributed by atoms with E-state index in [1.807, 2.05) is 5.57 Å². The number of hydrogen-bond acceptors (Lipinski definition) is 8. The summed E-state index contributed by atoms with van der Waals surface area (Å²) in [7, 11) is -0.830. The number of nitrogens with zero attached hydrogens (tertiary/aromatic N) is 1. The number of thioether (sulfide) groups is 4. The minimum absolute atomic E-state index is 0.0278. The molecule has 0 atom stereocenters. The van der Waals surface area contributed by atoms with Crippen molar-refractivity contribution in [2.45, 2.75) is 121 Å². The van der Waals surface area contributed by atoms with Gasteiger partial charge in [0, 0.05) is 26.5 Å². The van der Waals surface area contributed by atoms with E-state index in [2.05, 4.69) is 71.8 Å². The zero-order valence-corrected chi connectivity index (χ0v) is 32.5. The molecule has 45 heavy (non-hydrogen) atoms. The summed E-state index contributed by atoms with van der Waals surface area (Å²) in [5.74, 6) is 9.80. The number of carbonyl (C=O) groups is 2. The summed E-state index contributed by atoms with van der Waals surface area (Å²) in [5.41, 5.74) is 1.90. The quantitative estimate of drug-likeness (QED) is 0.111. The number of ketones is 1. The first kappa shape index (κ1) is 37.8. The van der Waals surface area contributed by atoms with Gasteiger partial charge in [-0.3, -0.25) is 9.59 Å². The van der Waals surface area contributed by atoms with Crippen molar-refractivity contribution in [2.75, 3.05) is 23.0 Å². The molecule has 0 radical (unpaired) electrons. The van der Waals surface area contributed by atoms with Crippen molar-refractivity contribution in [3.05, 3.63) is 9.81 Å². The van der Waals surface area contributed by atoms with Gasteiger partial charge >= 0.3 is 5.97 Å². The van der Waals surface area contributed by atoms with Crippen LogP contribution in [-0.4, -0.2) is 63.6 Å². The van der Waals surface area contributed by atoms with E-state index in [4.69, 9.17) is 10.3 Å². The molecule has 2 aliphatic heterocycles. The Morgan fingerprint density at radius 2 is 1.13 bits per heavy atom. The fraction of sp³-hybridized carbons (Fsp3) is 0.857. The standard InChI is InChI=1S/C11H16S2.C8H12O2.C7H10O.C7H16S2Si.C2H5NO/c1-6-12-11(13-7-1)10(8-2-3-8)9-4-5-9;9-8(10)7(5-1-2-5)6-3-4-6;8-7(5-1-2-5)6-3-4-6;1-10(2,3)7-8-5-4-6-9-7;1-2-3-4/h8-9H,1-7H2;5-7H,1-4H2,(H,9,10);5-6H,1-4H2;7H,4-6H2,1-3H3;2,4H,1H3/b;;;;3-2+. The predicted octanol–water partition coefficient (Wildman–Crippen LogP) is 10.3. The first-order valence-electron chi connectivity index (χ1n) is 17.7. The monoisotopic (exact) mass is 713 g/mol. The summed E-state index contributed by atoms with van der Waals surface area (Å²) in [6.07, 6.45) is 19.5. The third-order valence-electron chi connectivity index (χ3n) is 9.18. The molecule has 0 spiro atoms. The van der Waals surface area contributed by atoms with Crippen LogP contribution in [0.4, 0.5) is 0 Å². The Kier molecular flexibility index (Phi) is 15.7. The van der Waals surface area contributed by atoms with Crippen LogP contribution in [0.3, 0.4) is 0 Å². The molecule has 8 rings (SSSR count). The maximum absolute atomic E-state index is 11.0. The highest BCUT2D eigenvalue weighted by molar-refractivity contribution is 8.22. The second-order valence-corrected chi connectivity index (χ2v) is 26.3. The minimum atomic E-state index is -0.830. The van der Waals surface area contributed by atoms with Gasteiger partial charge in [-0.1, -0.05) is 19.6 Å². The second-order valence-electron chi connectivity index (χ2n) is 15.0. The molecular weight excluding hydrogens is 655 g/mol. The Labute approximate surface area is 291 Å². The average Bonchev–Trinajstić information content (AvgIpc) is 3.85. The summed E-state index contributed by atoms with van der Waals surface area (Å²) in [6, 6.07) is 0. The van der Waals surface area contributed by atoms with Crippen LogP contribution >= 0.6 is 47.0 Å². The molecule has 6 saturated carbocycles. The van der Waals surface area contributed by atoms with Gasteiger partial charge in [0.1, 0.15) is 5.78 Å². The van der Waals surface area contributed by atoms with Crippen molar-refractivity contribution in [1.82, 2.24) is 0 Å². The number of aliphatic carboxylic acids is 1. The topological polar surface area (TPSA) is 87.0 Å². The Balaban J connectivity index is 0.000000133. The summed E-state index contributed by atoms with van der Waals surface area (Å²) in [4.78, 5) is 21.6. The third-order valence-corrected chi connectivity index (χ3v) is 21.0. The van der Waals surface area contributed by atoms with E-state index in [9.17, 15) is 9.59 Å². The largest absolute Gasteiger partial charge is 0.481 e. The van der Waals surface area contributed by atoms with Gasteiger partial charge in [-0.25, -0.2) is 0 Å². The highest BCUT2D eigenvalue weighted by atomic mass is 32.2. The first-order valence-corrected chi connectivity index (χ1v) is 25.4. The lowest BCUT2D eigenvalue weighted by Crippen LogP contribution is -2.35. The summed E-state index contributed by atoms with van der Waals surface area (Å²) >= 11 is 8.69. The fourth-order valence-electron chi connectivity index (χ4n) is 5.81. The molecule has 256 valence electrons. The van der Waals surface area contributed by atoms with Crippen molar-refractivity contribution >= 4 is 73.1 Å². The Hall–Kier alpha value is -0.0331. The smallest absolute Gasteiger partial charge is 0.307 e. The Morgan fingerprint density at radius 3 is 1.42 bits per heavy atom. The van der Waals surface area contributed by atoms with Crippen molar-refractivity contribution < 1.29 is 19.9 Å². The molecule has 6 aliphatic carbocycles. The van der Waals surface area contributed by atoms with Crippen LogP contribution in [0.1, 0.15) is 96.8 Å². The molecule has 0 aromatic carbocycles. The molecule has 0 aromatic rings. The molecule has 5 nitrogen and oxygen atoms in total. The minimum Gasteiger partial charge on any atom is -0.481 e. The Bertz CT molecular complexity index is 952. The SMILES string of the molecule is C/C=N/O.C1CSC(=C(C2CC2)C2CC2)SC1.C[Si](C)(C)C1SCCCS1.O=C(C1CC1)C1CC1.O=C(O)C(C1CC1)C1CC1. The number of rotatable bonds is 8. The van der Waals surface area contributed by atoms with E-state index in [-0.39, 0.29) is 5.92 Å². The molecule has 2 heterocycles. The lowest BCUT2D eigenvalue weighted by Gasteiger charge is -2.30. The highest BCUT2D eigenvalue weighted by Gasteiger charge is 2.45. The van der Waals surface area contributed by atoms with E-state index >= 15 is 0 Å². The lowest BCUT2D eigenvalue weighted by atomic mass is 9.99. The van der Waals surface area contributed by atoms with Gasteiger partial charge in [0.15, 0.2) is 0 Å². The number of carboxylic acid groups (broad SMARTS) is 1. The number of Topliss-reactive ketones (excluding diaryl/α,β-unsaturated/α-hetero) is 1. The van der Waals surface area contributed by atoms with Gasteiger partial charge in [0.05, 0.1) is 14.0 Å². The number of carbonyl (C=O) groups excluding carboxylic acids is 1. The van der Waals surface area contributed by atoms with Gasteiger partial charge in [-0.2, -0.15) is 23.5 Å². The van der Waals surface area contributed by atoms with Crippen LogP contribution in [-0.2, 0) is 9.59 Å². The van der Waals surface area contributed by atoms with Crippen LogP contribution in [0.5, 0.6) is 0 Å². The van der Waals surface area contributed by atoms with E-state index in [0.29, 0.717) is 29.5 Å². The van der Waals surface area contributed by atoms with E-state index in [1.54, 1.807) is 11.2 Å². The molecule has 0 amide bonds. The predicted molar refractivity (Wildman–Crippen MR) is 202 cm³/mol. The normalized spacial score (nSPS) is 25.0. The van der Waals surface area contributed by atoms with Crippen LogP contribution in [0.2, 0.25) is 19.6 Å². The molecule has 0 aromatic heterocycles. The summed E-state index contributed by atoms with van der Waals surface area (Å²) < 4.78 is 2.72.